The number of pyridine rings is 1. The van der Waals surface area contributed by atoms with Crippen molar-refractivity contribution >= 4 is 11.9 Å². The van der Waals surface area contributed by atoms with Crippen molar-refractivity contribution in [2.24, 2.45) is 0 Å². The van der Waals surface area contributed by atoms with Gasteiger partial charge in [-0.3, -0.25) is 10.0 Å². The SMILES string of the molecule is COc1ccc(F)cc1C(c1cc(F)ccc1OC)[C@H](C)OC(=O)[C@H](C)NC(=O)c1c(O)c(OC)cc[n+]1O. The minimum absolute atomic E-state index is 0.0785. The van der Waals surface area contributed by atoms with E-state index in [4.69, 9.17) is 18.9 Å². The zero-order valence-electron chi connectivity index (χ0n) is 21.9. The maximum atomic E-state index is 14.3. The van der Waals surface area contributed by atoms with Crippen LogP contribution in [-0.4, -0.2) is 55.7 Å². The summed E-state index contributed by atoms with van der Waals surface area (Å²) in [5.74, 6) is -4.25. The molecule has 0 aliphatic carbocycles. The Kier molecular flexibility index (Phi) is 9.12. The summed E-state index contributed by atoms with van der Waals surface area (Å²) in [5.41, 5.74) is -0.0454. The number of nitrogens with zero attached hydrogens (tertiary/aromatic N) is 1. The van der Waals surface area contributed by atoms with E-state index in [0.29, 0.717) is 4.73 Å². The highest BCUT2D eigenvalue weighted by molar-refractivity contribution is 5.96. The van der Waals surface area contributed by atoms with Crippen LogP contribution in [0.2, 0.25) is 0 Å². The standard InChI is InChI=1S/C27H28F2N2O8/c1-14(30-26(33)24-25(32)22(38-5)10-11-31(24)35)27(34)39-15(2)23(18-12-16(28)6-8-20(18)36-3)19-13-17(29)7-9-21(19)37-4/h6-15,23H,1-5H3,(H2-,30,32,33,35)/p+1/t14-,15-/m0/s1. The van der Waals surface area contributed by atoms with Gasteiger partial charge in [0.2, 0.25) is 11.9 Å². The number of hydrogen-bond donors (Lipinski definition) is 3. The Balaban J connectivity index is 1.93. The third-order valence-electron chi connectivity index (χ3n) is 6.02. The lowest BCUT2D eigenvalue weighted by Gasteiger charge is -2.28. The molecule has 12 heteroatoms. The van der Waals surface area contributed by atoms with Gasteiger partial charge in [0.15, 0.2) is 5.75 Å². The fourth-order valence-corrected chi connectivity index (χ4v) is 4.14. The normalized spacial score (nSPS) is 12.4. The van der Waals surface area contributed by atoms with Gasteiger partial charge in [-0.2, -0.15) is 0 Å². The fourth-order valence-electron chi connectivity index (χ4n) is 4.14. The summed E-state index contributed by atoms with van der Waals surface area (Å²) in [5, 5.41) is 22.6. The van der Waals surface area contributed by atoms with Crippen molar-refractivity contribution in [2.75, 3.05) is 21.3 Å². The van der Waals surface area contributed by atoms with Gasteiger partial charge in [0.1, 0.15) is 35.3 Å². The van der Waals surface area contributed by atoms with Crippen LogP contribution in [0.5, 0.6) is 23.0 Å². The molecular formula is C27H29F2N2O8+. The lowest BCUT2D eigenvalue weighted by Crippen LogP contribution is -2.47. The maximum absolute atomic E-state index is 14.3. The molecule has 2 atom stereocenters. The zero-order chi connectivity index (χ0) is 28.9. The van der Waals surface area contributed by atoms with Crippen molar-refractivity contribution in [1.82, 2.24) is 5.32 Å². The third kappa shape index (κ3) is 6.28. The Bertz CT molecular complexity index is 1310. The van der Waals surface area contributed by atoms with E-state index in [2.05, 4.69) is 5.32 Å². The Labute approximate surface area is 223 Å². The number of aromatic hydroxyl groups is 1. The number of benzene rings is 2. The molecule has 2 aromatic carbocycles. The summed E-state index contributed by atoms with van der Waals surface area (Å²) in [6.07, 6.45) is 0.0262. The first-order valence-corrected chi connectivity index (χ1v) is 11.7. The predicted molar refractivity (Wildman–Crippen MR) is 132 cm³/mol. The maximum Gasteiger partial charge on any atom is 0.366 e. The zero-order valence-corrected chi connectivity index (χ0v) is 21.9. The molecule has 3 aromatic rings. The Morgan fingerprint density at radius 1 is 0.872 bits per heavy atom. The average Bonchev–Trinajstić information content (AvgIpc) is 2.89. The van der Waals surface area contributed by atoms with E-state index >= 15 is 0 Å². The molecule has 208 valence electrons. The predicted octanol–water partition coefficient (Wildman–Crippen LogP) is 3.10. The molecular weight excluding hydrogens is 518 g/mol. The summed E-state index contributed by atoms with van der Waals surface area (Å²) in [6.45, 7) is 2.84. The molecule has 1 aromatic heterocycles. The van der Waals surface area contributed by atoms with Gasteiger partial charge >= 0.3 is 17.6 Å². The summed E-state index contributed by atoms with van der Waals surface area (Å²) in [6, 6.07) is 7.51. The molecule has 0 aliphatic rings. The Morgan fingerprint density at radius 2 is 1.38 bits per heavy atom. The van der Waals surface area contributed by atoms with Crippen LogP contribution in [0.3, 0.4) is 0 Å². The molecule has 0 radical (unpaired) electrons. The average molecular weight is 548 g/mol. The summed E-state index contributed by atoms with van der Waals surface area (Å²) < 4.78 is 50.4. The highest BCUT2D eigenvalue weighted by Crippen LogP contribution is 2.40. The van der Waals surface area contributed by atoms with Gasteiger partial charge in [-0.05, 0) is 50.2 Å². The number of rotatable bonds is 10. The second-order valence-electron chi connectivity index (χ2n) is 8.51. The van der Waals surface area contributed by atoms with Crippen LogP contribution in [0.25, 0.3) is 0 Å². The number of hydrogen-bond acceptors (Lipinski definition) is 8. The van der Waals surface area contributed by atoms with Crippen LogP contribution in [0.15, 0.2) is 48.7 Å². The minimum atomic E-state index is -1.27. The second kappa shape index (κ2) is 12.3. The smallest absolute Gasteiger partial charge is 0.366 e. The largest absolute Gasteiger partial charge is 0.499 e. The van der Waals surface area contributed by atoms with Crippen molar-refractivity contribution in [3.8, 4) is 23.0 Å². The molecule has 0 fully saturated rings. The summed E-state index contributed by atoms with van der Waals surface area (Å²) in [7, 11) is 4.02. The van der Waals surface area contributed by atoms with E-state index < -0.39 is 53.0 Å². The van der Waals surface area contributed by atoms with Gasteiger partial charge in [-0.25, -0.2) is 13.6 Å². The van der Waals surface area contributed by atoms with Crippen LogP contribution in [0.1, 0.15) is 41.4 Å². The number of carbonyl (C=O) groups is 2. The van der Waals surface area contributed by atoms with Crippen molar-refractivity contribution < 1.29 is 52.4 Å². The molecule has 0 saturated carbocycles. The number of ether oxygens (including phenoxy) is 4. The highest BCUT2D eigenvalue weighted by atomic mass is 19.1. The molecule has 0 unspecified atom stereocenters. The van der Waals surface area contributed by atoms with E-state index in [0.717, 1.165) is 6.20 Å². The van der Waals surface area contributed by atoms with E-state index in [1.165, 1.54) is 77.6 Å². The molecule has 1 heterocycles. The number of methoxy groups -OCH3 is 3. The van der Waals surface area contributed by atoms with E-state index in [-0.39, 0.29) is 28.4 Å². The van der Waals surface area contributed by atoms with Gasteiger partial charge < -0.3 is 29.4 Å². The number of halogens is 2. The summed E-state index contributed by atoms with van der Waals surface area (Å²) in [4.78, 5) is 25.8. The summed E-state index contributed by atoms with van der Waals surface area (Å²) >= 11 is 0. The highest BCUT2D eigenvalue weighted by Gasteiger charge is 2.34. The second-order valence-corrected chi connectivity index (χ2v) is 8.51. The first-order valence-electron chi connectivity index (χ1n) is 11.7. The monoisotopic (exact) mass is 547 g/mol. The lowest BCUT2D eigenvalue weighted by molar-refractivity contribution is -0.906. The van der Waals surface area contributed by atoms with Gasteiger partial charge in [0, 0.05) is 15.9 Å². The quantitative estimate of drug-likeness (QED) is 0.201. The van der Waals surface area contributed by atoms with Crippen molar-refractivity contribution in [2.45, 2.75) is 31.9 Å². The van der Waals surface area contributed by atoms with Crippen molar-refractivity contribution in [3.63, 3.8) is 0 Å². The van der Waals surface area contributed by atoms with Crippen LogP contribution in [-0.2, 0) is 9.53 Å². The minimum Gasteiger partial charge on any atom is -0.499 e. The van der Waals surface area contributed by atoms with Crippen molar-refractivity contribution in [1.29, 1.82) is 0 Å². The number of aromatic nitrogens is 1. The molecule has 3 rings (SSSR count). The van der Waals surface area contributed by atoms with Crippen LogP contribution in [0, 0.1) is 11.6 Å². The van der Waals surface area contributed by atoms with E-state index in [9.17, 15) is 28.7 Å². The molecule has 0 aliphatic heterocycles. The van der Waals surface area contributed by atoms with Crippen molar-refractivity contribution in [3.05, 3.63) is 77.1 Å². The Morgan fingerprint density at radius 3 is 1.87 bits per heavy atom. The molecule has 3 N–H and O–H groups in total. The molecule has 0 bridgehead atoms. The van der Waals surface area contributed by atoms with Crippen LogP contribution < -0.4 is 24.3 Å². The first-order chi connectivity index (χ1) is 18.5. The molecule has 39 heavy (non-hydrogen) atoms. The Hall–Kier alpha value is -4.61. The van der Waals surface area contributed by atoms with Gasteiger partial charge in [-0.15, -0.1) is 0 Å². The third-order valence-corrected chi connectivity index (χ3v) is 6.02. The van der Waals surface area contributed by atoms with E-state index in [1.54, 1.807) is 0 Å². The first kappa shape index (κ1) is 29.0. The molecule has 0 saturated heterocycles. The number of amides is 1. The fraction of sp³-hybridized carbons (Fsp3) is 0.296. The molecule has 1 amide bonds. The molecule has 10 nitrogen and oxygen atoms in total. The lowest BCUT2D eigenvalue weighted by atomic mass is 9.85. The van der Waals surface area contributed by atoms with Crippen LogP contribution in [0.4, 0.5) is 8.78 Å². The number of carbonyl (C=O) groups excluding carboxylic acids is 2. The van der Waals surface area contributed by atoms with E-state index in [1.807, 2.05) is 0 Å². The topological polar surface area (TPSA) is 127 Å². The number of esters is 1. The molecule has 0 spiro atoms. The van der Waals surface area contributed by atoms with Gasteiger partial charge in [0.05, 0.1) is 33.3 Å². The van der Waals surface area contributed by atoms with Crippen LogP contribution >= 0.6 is 0 Å². The number of nitrogens with one attached hydrogen (secondary N) is 1. The van der Waals surface area contributed by atoms with Gasteiger partial charge in [0.25, 0.3) is 0 Å². The van der Waals surface area contributed by atoms with Gasteiger partial charge in [-0.1, -0.05) is 0 Å².